The van der Waals surface area contributed by atoms with Crippen LogP contribution in [0.4, 0.5) is 13.2 Å². The van der Waals surface area contributed by atoms with Crippen molar-refractivity contribution in [1.29, 1.82) is 5.26 Å². The summed E-state index contributed by atoms with van der Waals surface area (Å²) in [6.45, 7) is 0. The van der Waals surface area contributed by atoms with Gasteiger partial charge in [-0.15, -0.1) is 0 Å². The van der Waals surface area contributed by atoms with Crippen molar-refractivity contribution in [3.05, 3.63) is 34.9 Å². The van der Waals surface area contributed by atoms with Gasteiger partial charge in [-0.2, -0.15) is 18.4 Å². The van der Waals surface area contributed by atoms with Crippen molar-refractivity contribution in [2.24, 2.45) is 0 Å². The molecule has 0 aliphatic heterocycles. The van der Waals surface area contributed by atoms with Gasteiger partial charge in [0.2, 0.25) is 0 Å². The molecule has 0 bridgehead atoms. The van der Waals surface area contributed by atoms with Gasteiger partial charge < -0.3 is 0 Å². The van der Waals surface area contributed by atoms with Crippen molar-refractivity contribution in [1.82, 2.24) is 0 Å². The molecule has 0 aliphatic carbocycles. The first kappa shape index (κ1) is 14.7. The maximum absolute atomic E-state index is 12.7. The van der Waals surface area contributed by atoms with Gasteiger partial charge in [-0.25, -0.2) is 0 Å². The number of carbonyl (C=O) groups is 1. The Bertz CT molecular complexity index is 491. The van der Waals surface area contributed by atoms with Gasteiger partial charge in [-0.05, 0) is 17.7 Å². The van der Waals surface area contributed by atoms with Crippen molar-refractivity contribution in [2.45, 2.75) is 19.0 Å². The minimum atomic E-state index is -4.58. The third-order valence-corrected chi connectivity index (χ3v) is 2.68. The van der Waals surface area contributed by atoms with Crippen molar-refractivity contribution >= 4 is 21.7 Å². The average molecular weight is 320 g/mol. The van der Waals surface area contributed by atoms with Crippen LogP contribution in [0.5, 0.6) is 0 Å². The molecule has 6 heteroatoms. The number of halogens is 4. The highest BCUT2D eigenvalue weighted by molar-refractivity contribution is 9.09. The summed E-state index contributed by atoms with van der Waals surface area (Å²) in [6.07, 6.45) is -4.37. The number of rotatable bonds is 4. The largest absolute Gasteiger partial charge is 0.417 e. The molecular formula is C12H9BrF3NO. The summed E-state index contributed by atoms with van der Waals surface area (Å²) < 4.78 is 38.0. The minimum absolute atomic E-state index is 0.0552. The lowest BCUT2D eigenvalue weighted by molar-refractivity contribution is -0.137. The average Bonchev–Trinajstić information content (AvgIpc) is 2.28. The normalized spacial score (nSPS) is 11.1. The maximum atomic E-state index is 12.7. The van der Waals surface area contributed by atoms with Crippen molar-refractivity contribution < 1.29 is 18.0 Å². The summed E-state index contributed by atoms with van der Waals surface area (Å²) >= 11 is 3.09. The molecule has 2 nitrogen and oxygen atoms in total. The highest BCUT2D eigenvalue weighted by Gasteiger charge is 2.33. The molecule has 0 aliphatic rings. The molecule has 0 N–H and O–H groups in total. The number of ketones is 1. The Kier molecular flexibility index (Phi) is 4.91. The Morgan fingerprint density at radius 2 is 2.06 bits per heavy atom. The zero-order valence-electron chi connectivity index (χ0n) is 9.22. The highest BCUT2D eigenvalue weighted by atomic mass is 79.9. The summed E-state index contributed by atoms with van der Waals surface area (Å²) in [6, 6.07) is 4.83. The number of nitrogens with zero attached hydrogens (tertiary/aromatic N) is 1. The zero-order valence-corrected chi connectivity index (χ0v) is 10.8. The minimum Gasteiger partial charge on any atom is -0.299 e. The van der Waals surface area contributed by atoms with Gasteiger partial charge in [0.05, 0.1) is 17.2 Å². The third kappa shape index (κ3) is 3.84. The molecule has 0 atom stereocenters. The molecule has 0 saturated carbocycles. The Labute approximate surface area is 111 Å². The van der Waals surface area contributed by atoms with E-state index in [1.165, 1.54) is 12.1 Å². The molecule has 0 amide bonds. The molecule has 1 aromatic carbocycles. The third-order valence-electron chi connectivity index (χ3n) is 2.28. The van der Waals surface area contributed by atoms with Gasteiger partial charge in [-0.3, -0.25) is 4.79 Å². The summed E-state index contributed by atoms with van der Waals surface area (Å²) in [7, 11) is 0. The number of Topliss-reactive ketones (excluding diaryl/α,β-unsaturated/α-hetero) is 1. The second kappa shape index (κ2) is 6.01. The fourth-order valence-corrected chi connectivity index (χ4v) is 1.90. The molecule has 0 aromatic heterocycles. The smallest absolute Gasteiger partial charge is 0.299 e. The lowest BCUT2D eigenvalue weighted by Gasteiger charge is -2.10. The highest BCUT2D eigenvalue weighted by Crippen LogP contribution is 2.32. The predicted octanol–water partition coefficient (Wildman–Crippen LogP) is 3.47. The molecule has 0 fully saturated rings. The van der Waals surface area contributed by atoms with E-state index < -0.39 is 17.3 Å². The SMILES string of the molecule is N#Cc1ccc(CC(=O)CCBr)cc1C(F)(F)F. The van der Waals surface area contributed by atoms with E-state index in [-0.39, 0.29) is 24.2 Å². The lowest BCUT2D eigenvalue weighted by atomic mass is 10.0. The summed E-state index contributed by atoms with van der Waals surface area (Å²) in [4.78, 5) is 11.4. The van der Waals surface area contributed by atoms with Gasteiger partial charge >= 0.3 is 6.18 Å². The van der Waals surface area contributed by atoms with E-state index in [4.69, 9.17) is 5.26 Å². The van der Waals surface area contributed by atoms with E-state index in [1.54, 1.807) is 0 Å². The van der Waals surface area contributed by atoms with E-state index in [0.29, 0.717) is 5.33 Å². The molecule has 18 heavy (non-hydrogen) atoms. The monoisotopic (exact) mass is 319 g/mol. The van der Waals surface area contributed by atoms with Crippen LogP contribution >= 0.6 is 15.9 Å². The molecular weight excluding hydrogens is 311 g/mol. The van der Waals surface area contributed by atoms with E-state index in [0.717, 1.165) is 12.1 Å². The molecule has 0 heterocycles. The van der Waals surface area contributed by atoms with Crippen LogP contribution in [0.3, 0.4) is 0 Å². The standard InChI is InChI=1S/C12H9BrF3NO/c13-4-3-10(18)5-8-1-2-9(7-17)11(6-8)12(14,15)16/h1-2,6H,3-5H2. The van der Waals surface area contributed by atoms with Gasteiger partial charge in [0.15, 0.2) is 0 Å². The Morgan fingerprint density at radius 3 is 2.56 bits per heavy atom. The van der Waals surface area contributed by atoms with Crippen LogP contribution in [0.1, 0.15) is 23.1 Å². The van der Waals surface area contributed by atoms with Gasteiger partial charge in [0.1, 0.15) is 5.78 Å². The van der Waals surface area contributed by atoms with Crippen LogP contribution in [0.25, 0.3) is 0 Å². The van der Waals surface area contributed by atoms with Crippen LogP contribution < -0.4 is 0 Å². The Balaban J connectivity index is 3.05. The predicted molar refractivity (Wildman–Crippen MR) is 63.3 cm³/mol. The van der Waals surface area contributed by atoms with Crippen LogP contribution in [0, 0.1) is 11.3 Å². The maximum Gasteiger partial charge on any atom is 0.417 e. The van der Waals surface area contributed by atoms with Crippen LogP contribution in [0.2, 0.25) is 0 Å². The first-order chi connectivity index (χ1) is 8.38. The summed E-state index contributed by atoms with van der Waals surface area (Å²) in [5, 5.41) is 9.10. The fourth-order valence-electron chi connectivity index (χ4n) is 1.45. The van der Waals surface area contributed by atoms with E-state index in [2.05, 4.69) is 15.9 Å². The van der Waals surface area contributed by atoms with E-state index in [1.807, 2.05) is 0 Å². The number of benzene rings is 1. The Hall–Kier alpha value is -1.35. The number of nitriles is 1. The molecule has 96 valence electrons. The molecule has 0 radical (unpaired) electrons. The molecule has 0 unspecified atom stereocenters. The van der Waals surface area contributed by atoms with Crippen LogP contribution in [0.15, 0.2) is 18.2 Å². The molecule has 0 saturated heterocycles. The second-order valence-electron chi connectivity index (χ2n) is 3.64. The number of hydrogen-bond donors (Lipinski definition) is 0. The van der Waals surface area contributed by atoms with E-state index >= 15 is 0 Å². The number of alkyl halides is 4. The molecule has 0 spiro atoms. The summed E-state index contributed by atoms with van der Waals surface area (Å²) in [5.41, 5.74) is -1.15. The van der Waals surface area contributed by atoms with Gasteiger partial charge in [0, 0.05) is 18.2 Å². The topological polar surface area (TPSA) is 40.9 Å². The zero-order chi connectivity index (χ0) is 13.8. The van der Waals surface area contributed by atoms with Gasteiger partial charge in [0.25, 0.3) is 0 Å². The lowest BCUT2D eigenvalue weighted by Crippen LogP contribution is -2.10. The van der Waals surface area contributed by atoms with Crippen molar-refractivity contribution in [3.8, 4) is 6.07 Å². The molecule has 1 rings (SSSR count). The number of hydrogen-bond acceptors (Lipinski definition) is 2. The second-order valence-corrected chi connectivity index (χ2v) is 4.44. The van der Waals surface area contributed by atoms with Crippen LogP contribution in [-0.2, 0) is 17.4 Å². The van der Waals surface area contributed by atoms with Crippen molar-refractivity contribution in [3.63, 3.8) is 0 Å². The summed E-state index contributed by atoms with van der Waals surface area (Å²) in [5.74, 6) is -0.148. The first-order valence-corrected chi connectivity index (χ1v) is 6.18. The first-order valence-electron chi connectivity index (χ1n) is 5.06. The fraction of sp³-hybridized carbons (Fsp3) is 0.333. The molecule has 1 aromatic rings. The number of carbonyl (C=O) groups excluding carboxylic acids is 1. The van der Waals surface area contributed by atoms with Crippen molar-refractivity contribution in [2.75, 3.05) is 5.33 Å². The van der Waals surface area contributed by atoms with Gasteiger partial charge in [-0.1, -0.05) is 22.0 Å². The van der Waals surface area contributed by atoms with Crippen LogP contribution in [-0.4, -0.2) is 11.1 Å². The Morgan fingerprint density at radius 1 is 1.39 bits per heavy atom. The van der Waals surface area contributed by atoms with E-state index in [9.17, 15) is 18.0 Å². The quantitative estimate of drug-likeness (QED) is 0.797.